The molecule has 138 valence electrons. The number of hydrogen-bond acceptors (Lipinski definition) is 6. The van der Waals surface area contributed by atoms with Gasteiger partial charge in [0.2, 0.25) is 0 Å². The molecule has 2 aromatic carbocycles. The smallest absolute Gasteiger partial charge is 0.280 e. The Labute approximate surface area is 159 Å². The Morgan fingerprint density at radius 3 is 2.33 bits per heavy atom. The summed E-state index contributed by atoms with van der Waals surface area (Å²) in [6, 6.07) is 10.5. The minimum absolute atomic E-state index is 0.0282. The zero-order valence-corrected chi connectivity index (χ0v) is 15.1. The fourth-order valence-corrected chi connectivity index (χ4v) is 2.32. The van der Waals surface area contributed by atoms with Gasteiger partial charge < -0.3 is 14.8 Å². The summed E-state index contributed by atoms with van der Waals surface area (Å²) >= 11 is 5.78. The van der Waals surface area contributed by atoms with Crippen LogP contribution in [0.1, 0.15) is 5.56 Å². The summed E-state index contributed by atoms with van der Waals surface area (Å²) in [6.45, 7) is 0. The number of nitro groups is 1. The first-order valence-corrected chi connectivity index (χ1v) is 7.86. The number of nitrogens with one attached hydrogen (secondary N) is 1. The molecule has 0 bridgehead atoms. The number of rotatable bonds is 6. The maximum atomic E-state index is 12.3. The van der Waals surface area contributed by atoms with E-state index in [4.69, 9.17) is 21.1 Å². The van der Waals surface area contributed by atoms with Crippen molar-refractivity contribution in [3.8, 4) is 17.6 Å². The van der Waals surface area contributed by atoms with E-state index in [1.807, 2.05) is 0 Å². The number of carbonyl (C=O) groups is 1. The Kier molecular flexibility index (Phi) is 6.36. The highest BCUT2D eigenvalue weighted by Gasteiger charge is 2.20. The number of ether oxygens (including phenoxy) is 2. The van der Waals surface area contributed by atoms with Gasteiger partial charge in [-0.25, -0.2) is 0 Å². The molecule has 0 unspecified atom stereocenters. The van der Waals surface area contributed by atoms with E-state index in [9.17, 15) is 20.2 Å². The van der Waals surface area contributed by atoms with Crippen molar-refractivity contribution in [3.05, 3.63) is 62.7 Å². The van der Waals surface area contributed by atoms with Gasteiger partial charge in [0.25, 0.3) is 11.6 Å². The largest absolute Gasteiger partial charge is 0.493 e. The molecule has 0 aromatic heterocycles. The monoisotopic (exact) mass is 387 g/mol. The van der Waals surface area contributed by atoms with Crippen molar-refractivity contribution in [2.45, 2.75) is 0 Å². The Balaban J connectivity index is 2.43. The van der Waals surface area contributed by atoms with E-state index >= 15 is 0 Å². The standard InChI is InChI=1S/C18H14ClN3O5/c1-26-16-8-11(15(22(24)25)9-17(16)27-2)7-12(10-20)18(23)21-14-5-3-13(19)4-6-14/h3-9H,1-2H3,(H,21,23)/b12-7+. The van der Waals surface area contributed by atoms with E-state index in [0.717, 1.165) is 12.1 Å². The van der Waals surface area contributed by atoms with E-state index in [1.54, 1.807) is 30.3 Å². The number of nitriles is 1. The highest BCUT2D eigenvalue weighted by atomic mass is 35.5. The summed E-state index contributed by atoms with van der Waals surface area (Å²) < 4.78 is 10.2. The Morgan fingerprint density at radius 1 is 1.22 bits per heavy atom. The lowest BCUT2D eigenvalue weighted by Gasteiger charge is -2.09. The van der Waals surface area contributed by atoms with E-state index in [2.05, 4.69) is 5.32 Å². The van der Waals surface area contributed by atoms with E-state index in [-0.39, 0.29) is 28.3 Å². The SMILES string of the molecule is COc1cc(/C=C(\C#N)C(=O)Nc2ccc(Cl)cc2)c([N+](=O)[O-])cc1OC. The van der Waals surface area contributed by atoms with Crippen LogP contribution in [0.2, 0.25) is 5.02 Å². The summed E-state index contributed by atoms with van der Waals surface area (Å²) in [6.07, 6.45) is 1.12. The molecule has 27 heavy (non-hydrogen) atoms. The Bertz CT molecular complexity index is 949. The molecule has 2 rings (SSSR count). The van der Waals surface area contributed by atoms with E-state index < -0.39 is 10.8 Å². The molecule has 0 radical (unpaired) electrons. The third-order valence-corrected chi connectivity index (χ3v) is 3.75. The number of methoxy groups -OCH3 is 2. The Morgan fingerprint density at radius 2 is 1.81 bits per heavy atom. The number of benzene rings is 2. The average Bonchev–Trinajstić information content (AvgIpc) is 2.66. The first-order valence-electron chi connectivity index (χ1n) is 7.48. The number of halogens is 1. The van der Waals surface area contributed by atoms with Gasteiger partial charge in [-0.05, 0) is 36.4 Å². The van der Waals surface area contributed by atoms with Gasteiger partial charge in [0.15, 0.2) is 11.5 Å². The molecule has 9 heteroatoms. The second kappa shape index (κ2) is 8.69. The van der Waals surface area contributed by atoms with Crippen molar-refractivity contribution < 1.29 is 19.2 Å². The quantitative estimate of drug-likeness (QED) is 0.349. The van der Waals surface area contributed by atoms with E-state index in [0.29, 0.717) is 10.7 Å². The number of nitrogens with zero attached hydrogens (tertiary/aromatic N) is 2. The van der Waals surface area contributed by atoms with Crippen molar-refractivity contribution >= 4 is 35.0 Å². The first kappa shape index (κ1) is 19.8. The van der Waals surface area contributed by atoms with Crippen LogP contribution in [0, 0.1) is 21.4 Å². The maximum absolute atomic E-state index is 12.3. The fraction of sp³-hybridized carbons (Fsp3) is 0.111. The molecular formula is C18H14ClN3O5. The molecule has 0 saturated heterocycles. The van der Waals surface area contributed by atoms with Gasteiger partial charge in [0.05, 0.1) is 30.8 Å². The Hall–Kier alpha value is -3.57. The maximum Gasteiger partial charge on any atom is 0.280 e. The number of carbonyl (C=O) groups excluding carboxylic acids is 1. The van der Waals surface area contributed by atoms with Crippen LogP contribution in [0.15, 0.2) is 42.0 Å². The van der Waals surface area contributed by atoms with Crippen molar-refractivity contribution in [1.29, 1.82) is 5.26 Å². The van der Waals surface area contributed by atoms with Gasteiger partial charge in [-0.1, -0.05) is 11.6 Å². The molecule has 0 aliphatic carbocycles. The van der Waals surface area contributed by atoms with Gasteiger partial charge in [-0.3, -0.25) is 14.9 Å². The van der Waals surface area contributed by atoms with Crippen LogP contribution in [-0.4, -0.2) is 25.1 Å². The molecule has 0 heterocycles. The van der Waals surface area contributed by atoms with Crippen LogP contribution in [0.4, 0.5) is 11.4 Å². The van der Waals surface area contributed by atoms with Crippen LogP contribution in [-0.2, 0) is 4.79 Å². The summed E-state index contributed by atoms with van der Waals surface area (Å²) in [4.78, 5) is 23.0. The third-order valence-electron chi connectivity index (χ3n) is 3.50. The first-order chi connectivity index (χ1) is 12.9. The number of hydrogen-bond donors (Lipinski definition) is 1. The molecule has 0 fully saturated rings. The molecular weight excluding hydrogens is 374 g/mol. The zero-order valence-electron chi connectivity index (χ0n) is 14.4. The predicted octanol–water partition coefficient (Wildman–Crippen LogP) is 3.81. The summed E-state index contributed by atoms with van der Waals surface area (Å²) in [5.41, 5.74) is -0.201. The van der Waals surface area contributed by atoms with Crippen LogP contribution in [0.3, 0.4) is 0 Å². The molecule has 2 aromatic rings. The summed E-state index contributed by atoms with van der Waals surface area (Å²) in [5.74, 6) is -0.334. The molecule has 0 saturated carbocycles. The van der Waals surface area contributed by atoms with Gasteiger partial charge in [-0.15, -0.1) is 0 Å². The molecule has 0 aliphatic rings. The minimum atomic E-state index is -0.719. The van der Waals surface area contributed by atoms with Crippen molar-refractivity contribution in [1.82, 2.24) is 0 Å². The average molecular weight is 388 g/mol. The van der Waals surface area contributed by atoms with Gasteiger partial charge in [0.1, 0.15) is 11.6 Å². The van der Waals surface area contributed by atoms with Gasteiger partial charge >= 0.3 is 0 Å². The molecule has 1 amide bonds. The second-order valence-electron chi connectivity index (χ2n) is 5.15. The third kappa shape index (κ3) is 4.74. The number of anilines is 1. The lowest BCUT2D eigenvalue weighted by Crippen LogP contribution is -2.13. The summed E-state index contributed by atoms with van der Waals surface area (Å²) in [7, 11) is 2.72. The zero-order chi connectivity index (χ0) is 20.0. The van der Waals surface area contributed by atoms with E-state index in [1.165, 1.54) is 20.3 Å². The van der Waals surface area contributed by atoms with Crippen LogP contribution < -0.4 is 14.8 Å². The van der Waals surface area contributed by atoms with Gasteiger partial charge in [0, 0.05) is 10.7 Å². The summed E-state index contributed by atoms with van der Waals surface area (Å²) in [5, 5.41) is 23.7. The van der Waals surface area contributed by atoms with Crippen LogP contribution in [0.5, 0.6) is 11.5 Å². The molecule has 1 N–H and O–H groups in total. The second-order valence-corrected chi connectivity index (χ2v) is 5.59. The van der Waals surface area contributed by atoms with Crippen molar-refractivity contribution in [3.63, 3.8) is 0 Å². The molecule has 0 spiro atoms. The number of amides is 1. The predicted molar refractivity (Wildman–Crippen MR) is 99.9 cm³/mol. The molecule has 0 atom stereocenters. The highest BCUT2D eigenvalue weighted by Crippen LogP contribution is 2.35. The van der Waals surface area contributed by atoms with Gasteiger partial charge in [-0.2, -0.15) is 5.26 Å². The topological polar surface area (TPSA) is 114 Å². The lowest BCUT2D eigenvalue weighted by atomic mass is 10.1. The lowest BCUT2D eigenvalue weighted by molar-refractivity contribution is -0.385. The highest BCUT2D eigenvalue weighted by molar-refractivity contribution is 6.30. The minimum Gasteiger partial charge on any atom is -0.493 e. The normalized spacial score (nSPS) is 10.7. The fourth-order valence-electron chi connectivity index (χ4n) is 2.19. The van der Waals surface area contributed by atoms with Crippen LogP contribution in [0.25, 0.3) is 6.08 Å². The molecule has 0 aliphatic heterocycles. The van der Waals surface area contributed by atoms with Crippen LogP contribution >= 0.6 is 11.6 Å². The van der Waals surface area contributed by atoms with Crippen molar-refractivity contribution in [2.75, 3.05) is 19.5 Å². The van der Waals surface area contributed by atoms with Crippen molar-refractivity contribution in [2.24, 2.45) is 0 Å². The molecule has 8 nitrogen and oxygen atoms in total. The number of nitro benzene ring substituents is 1.